The van der Waals surface area contributed by atoms with E-state index >= 15 is 0 Å². The highest BCUT2D eigenvalue weighted by molar-refractivity contribution is 7.14. The molecule has 142 valence electrons. The number of carbonyl (C=O) groups excluding carboxylic acids is 1. The van der Waals surface area contributed by atoms with E-state index in [4.69, 9.17) is 0 Å². The SMILES string of the molecule is Cc1cc(C(=O)N[C@@H](C)c2nc3cc(-c4ccccc4F)ncn3n2)sc1C. The van der Waals surface area contributed by atoms with Crippen LogP contribution in [0.25, 0.3) is 16.9 Å². The van der Waals surface area contributed by atoms with Gasteiger partial charge in [-0.15, -0.1) is 16.4 Å². The highest BCUT2D eigenvalue weighted by atomic mass is 32.1. The number of nitrogens with one attached hydrogen (secondary N) is 1. The van der Waals surface area contributed by atoms with Crippen LogP contribution in [0.1, 0.15) is 38.9 Å². The molecular formula is C20H18FN5OS. The molecule has 6 nitrogen and oxygen atoms in total. The summed E-state index contributed by atoms with van der Waals surface area (Å²) in [6.07, 6.45) is 1.49. The molecule has 0 saturated heterocycles. The van der Waals surface area contributed by atoms with Gasteiger partial charge in [-0.1, -0.05) is 12.1 Å². The predicted molar refractivity (Wildman–Crippen MR) is 106 cm³/mol. The van der Waals surface area contributed by atoms with Gasteiger partial charge >= 0.3 is 0 Å². The second-order valence-corrected chi connectivity index (χ2v) is 7.83. The number of carbonyl (C=O) groups is 1. The van der Waals surface area contributed by atoms with Crippen LogP contribution in [0.15, 0.2) is 42.7 Å². The van der Waals surface area contributed by atoms with E-state index in [1.54, 1.807) is 24.3 Å². The molecule has 0 bridgehead atoms. The number of thiophene rings is 1. The van der Waals surface area contributed by atoms with Gasteiger partial charge in [0, 0.05) is 16.5 Å². The number of aromatic nitrogens is 4. The zero-order chi connectivity index (χ0) is 19.8. The Hall–Kier alpha value is -3.13. The van der Waals surface area contributed by atoms with E-state index in [1.165, 1.54) is 28.2 Å². The lowest BCUT2D eigenvalue weighted by Gasteiger charge is -2.08. The summed E-state index contributed by atoms with van der Waals surface area (Å²) in [5.41, 5.74) is 2.51. The van der Waals surface area contributed by atoms with Crippen molar-refractivity contribution < 1.29 is 9.18 Å². The molecule has 0 aliphatic heterocycles. The molecule has 0 radical (unpaired) electrons. The van der Waals surface area contributed by atoms with Crippen molar-refractivity contribution in [2.45, 2.75) is 26.8 Å². The van der Waals surface area contributed by atoms with Gasteiger partial charge in [0.05, 0.1) is 16.6 Å². The Bertz CT molecular complexity index is 1160. The van der Waals surface area contributed by atoms with Crippen molar-refractivity contribution in [2.75, 3.05) is 0 Å². The molecule has 0 fully saturated rings. The Morgan fingerprint density at radius 3 is 2.75 bits per heavy atom. The number of fused-ring (bicyclic) bond motifs is 1. The smallest absolute Gasteiger partial charge is 0.261 e. The quantitative estimate of drug-likeness (QED) is 0.565. The average molecular weight is 395 g/mol. The maximum Gasteiger partial charge on any atom is 0.261 e. The standard InChI is InChI=1S/C20H18FN5OS/c1-11-8-17(28-13(11)3)20(27)23-12(2)19-24-18-9-16(22-10-26(18)25-19)14-6-4-5-7-15(14)21/h4-10,12H,1-3H3,(H,23,27)/t12-/m0/s1. The van der Waals surface area contributed by atoms with Gasteiger partial charge in [0.25, 0.3) is 5.91 Å². The Kier molecular flexibility index (Phi) is 4.64. The maximum absolute atomic E-state index is 14.0. The fraction of sp³-hybridized carbons (Fsp3) is 0.200. The van der Waals surface area contributed by atoms with Crippen molar-refractivity contribution in [1.29, 1.82) is 0 Å². The van der Waals surface area contributed by atoms with Crippen molar-refractivity contribution in [3.63, 3.8) is 0 Å². The van der Waals surface area contributed by atoms with Crippen LogP contribution in [0.4, 0.5) is 4.39 Å². The summed E-state index contributed by atoms with van der Waals surface area (Å²) in [6, 6.07) is 9.62. The summed E-state index contributed by atoms with van der Waals surface area (Å²) < 4.78 is 15.5. The summed E-state index contributed by atoms with van der Waals surface area (Å²) >= 11 is 1.46. The van der Waals surface area contributed by atoms with Gasteiger partial charge in [-0.05, 0) is 44.5 Å². The normalized spacial score (nSPS) is 12.3. The molecule has 1 amide bonds. The van der Waals surface area contributed by atoms with Crippen LogP contribution in [0, 0.1) is 19.7 Å². The number of aryl methyl sites for hydroxylation is 2. The molecule has 8 heteroatoms. The van der Waals surface area contributed by atoms with Crippen LogP contribution in [0.5, 0.6) is 0 Å². The number of hydrogen-bond donors (Lipinski definition) is 1. The van der Waals surface area contributed by atoms with Gasteiger partial charge in [0.15, 0.2) is 11.5 Å². The zero-order valence-corrected chi connectivity index (χ0v) is 16.4. The first-order valence-corrected chi connectivity index (χ1v) is 9.59. The van der Waals surface area contributed by atoms with Gasteiger partial charge in [0.1, 0.15) is 12.1 Å². The summed E-state index contributed by atoms with van der Waals surface area (Å²) in [6.45, 7) is 5.80. The zero-order valence-electron chi connectivity index (χ0n) is 15.6. The Morgan fingerprint density at radius 1 is 1.25 bits per heavy atom. The molecule has 1 N–H and O–H groups in total. The number of benzene rings is 1. The third kappa shape index (κ3) is 3.38. The molecule has 0 aliphatic carbocycles. The van der Waals surface area contributed by atoms with Crippen molar-refractivity contribution in [3.8, 4) is 11.3 Å². The van der Waals surface area contributed by atoms with Crippen LogP contribution in [0.3, 0.4) is 0 Å². The van der Waals surface area contributed by atoms with Crippen LogP contribution in [0.2, 0.25) is 0 Å². The molecule has 3 aromatic heterocycles. The predicted octanol–water partition coefficient (Wildman–Crippen LogP) is 4.10. The third-order valence-electron chi connectivity index (χ3n) is 4.52. The fourth-order valence-corrected chi connectivity index (χ4v) is 3.77. The van der Waals surface area contributed by atoms with E-state index in [2.05, 4.69) is 20.4 Å². The minimum absolute atomic E-state index is 0.155. The average Bonchev–Trinajstić information content (AvgIpc) is 3.25. The van der Waals surface area contributed by atoms with Gasteiger partial charge in [-0.25, -0.2) is 18.9 Å². The fourth-order valence-electron chi connectivity index (χ4n) is 2.83. The molecule has 0 aliphatic rings. The number of nitrogens with zero attached hydrogens (tertiary/aromatic N) is 4. The van der Waals surface area contributed by atoms with E-state index < -0.39 is 0 Å². The molecule has 1 aromatic carbocycles. The first-order valence-electron chi connectivity index (χ1n) is 8.77. The van der Waals surface area contributed by atoms with Crippen molar-refractivity contribution in [2.24, 2.45) is 0 Å². The minimum atomic E-state index is -0.382. The molecular weight excluding hydrogens is 377 g/mol. The van der Waals surface area contributed by atoms with Gasteiger partial charge < -0.3 is 5.32 Å². The Labute approximate surface area is 165 Å². The van der Waals surface area contributed by atoms with Crippen LogP contribution in [-0.4, -0.2) is 25.5 Å². The van der Waals surface area contributed by atoms with Gasteiger partial charge in [0.2, 0.25) is 0 Å². The van der Waals surface area contributed by atoms with Crippen molar-refractivity contribution in [3.05, 3.63) is 69.7 Å². The summed E-state index contributed by atoms with van der Waals surface area (Å²) in [5, 5.41) is 7.30. The van der Waals surface area contributed by atoms with Gasteiger partial charge in [-0.2, -0.15) is 0 Å². The maximum atomic E-state index is 14.0. The highest BCUT2D eigenvalue weighted by Crippen LogP contribution is 2.23. The molecule has 4 rings (SSSR count). The molecule has 28 heavy (non-hydrogen) atoms. The van der Waals surface area contributed by atoms with Gasteiger partial charge in [-0.3, -0.25) is 4.79 Å². The summed E-state index contributed by atoms with van der Waals surface area (Å²) in [7, 11) is 0. The van der Waals surface area contributed by atoms with E-state index in [-0.39, 0.29) is 17.8 Å². The first-order chi connectivity index (χ1) is 13.4. The molecule has 0 spiro atoms. The summed E-state index contributed by atoms with van der Waals surface area (Å²) in [4.78, 5) is 23.0. The summed E-state index contributed by atoms with van der Waals surface area (Å²) in [5.74, 6) is -0.0372. The first kappa shape index (κ1) is 18.2. The molecule has 3 heterocycles. The third-order valence-corrected chi connectivity index (χ3v) is 5.67. The van der Waals surface area contributed by atoms with Crippen LogP contribution >= 0.6 is 11.3 Å². The number of amides is 1. The number of halogens is 1. The second kappa shape index (κ2) is 7.12. The molecule has 1 atom stereocenters. The molecule has 0 saturated carbocycles. The molecule has 0 unspecified atom stereocenters. The lowest BCUT2D eigenvalue weighted by molar-refractivity contribution is 0.0942. The monoisotopic (exact) mass is 395 g/mol. The van der Waals surface area contributed by atoms with Crippen LogP contribution in [-0.2, 0) is 0 Å². The highest BCUT2D eigenvalue weighted by Gasteiger charge is 2.18. The van der Waals surface area contributed by atoms with Crippen molar-refractivity contribution >= 4 is 22.9 Å². The molecule has 4 aromatic rings. The van der Waals surface area contributed by atoms with E-state index in [0.717, 1.165) is 10.4 Å². The number of hydrogen-bond acceptors (Lipinski definition) is 5. The van der Waals surface area contributed by atoms with E-state index in [9.17, 15) is 9.18 Å². The van der Waals surface area contributed by atoms with E-state index in [0.29, 0.717) is 27.6 Å². The van der Waals surface area contributed by atoms with Crippen LogP contribution < -0.4 is 5.32 Å². The Morgan fingerprint density at radius 2 is 2.04 bits per heavy atom. The number of rotatable bonds is 4. The lowest BCUT2D eigenvalue weighted by Crippen LogP contribution is -2.26. The Balaban J connectivity index is 1.59. The lowest BCUT2D eigenvalue weighted by atomic mass is 10.1. The van der Waals surface area contributed by atoms with E-state index in [1.807, 2.05) is 26.8 Å². The topological polar surface area (TPSA) is 72.2 Å². The van der Waals surface area contributed by atoms with Crippen molar-refractivity contribution in [1.82, 2.24) is 24.9 Å². The second-order valence-electron chi connectivity index (χ2n) is 6.57. The largest absolute Gasteiger partial charge is 0.342 e. The minimum Gasteiger partial charge on any atom is -0.342 e.